The Morgan fingerprint density at radius 2 is 2.19 bits per heavy atom. The fraction of sp³-hybridized carbons (Fsp3) is 0.167. The molecule has 0 bridgehead atoms. The number of hydrogen-bond acceptors (Lipinski definition) is 4. The molecule has 0 unspecified atom stereocenters. The maximum Gasteiger partial charge on any atom is 0.0821 e. The van der Waals surface area contributed by atoms with Gasteiger partial charge in [-0.15, -0.1) is 0 Å². The van der Waals surface area contributed by atoms with Crippen LogP contribution in [0.4, 0.5) is 11.4 Å². The van der Waals surface area contributed by atoms with E-state index in [2.05, 4.69) is 15.5 Å². The van der Waals surface area contributed by atoms with Crippen LogP contribution in [-0.4, -0.2) is 10.2 Å². The summed E-state index contributed by atoms with van der Waals surface area (Å²) in [5, 5.41) is 11.0. The average molecular weight is 214 g/mol. The van der Waals surface area contributed by atoms with Crippen molar-refractivity contribution in [2.24, 2.45) is 0 Å². The molecule has 2 aromatic rings. The summed E-state index contributed by atoms with van der Waals surface area (Å²) in [6.07, 6.45) is 1.66. The molecule has 0 aliphatic rings. The normalized spacial score (nSPS) is 10.1. The van der Waals surface area contributed by atoms with Crippen LogP contribution in [0.3, 0.4) is 0 Å². The molecule has 0 amide bonds. The van der Waals surface area contributed by atoms with E-state index in [9.17, 15) is 0 Å². The lowest BCUT2D eigenvalue weighted by atomic mass is 10.2. The third-order valence-corrected chi connectivity index (χ3v) is 2.29. The van der Waals surface area contributed by atoms with E-state index in [0.29, 0.717) is 6.54 Å². The van der Waals surface area contributed by atoms with Crippen LogP contribution in [-0.2, 0) is 6.54 Å². The first-order chi connectivity index (χ1) is 7.75. The van der Waals surface area contributed by atoms with E-state index < -0.39 is 0 Å². The zero-order valence-corrected chi connectivity index (χ0v) is 9.14. The molecular weight excluding hydrogens is 200 g/mol. The SMILES string of the molecule is Cc1ccc(NCc2cccnn2)c(N)c1. The summed E-state index contributed by atoms with van der Waals surface area (Å²) < 4.78 is 0. The second-order valence-corrected chi connectivity index (χ2v) is 3.66. The van der Waals surface area contributed by atoms with Crippen molar-refractivity contribution >= 4 is 11.4 Å². The third kappa shape index (κ3) is 2.48. The number of hydrogen-bond donors (Lipinski definition) is 2. The maximum absolute atomic E-state index is 5.89. The van der Waals surface area contributed by atoms with Gasteiger partial charge in [-0.3, -0.25) is 0 Å². The number of nitrogens with one attached hydrogen (secondary N) is 1. The van der Waals surface area contributed by atoms with Gasteiger partial charge < -0.3 is 11.1 Å². The zero-order valence-electron chi connectivity index (χ0n) is 9.14. The molecule has 16 heavy (non-hydrogen) atoms. The van der Waals surface area contributed by atoms with E-state index in [1.54, 1.807) is 6.20 Å². The van der Waals surface area contributed by atoms with E-state index in [4.69, 9.17) is 5.73 Å². The number of aryl methyl sites for hydroxylation is 1. The van der Waals surface area contributed by atoms with Crippen molar-refractivity contribution in [2.75, 3.05) is 11.1 Å². The molecule has 1 aromatic heterocycles. The first-order valence-corrected chi connectivity index (χ1v) is 5.12. The van der Waals surface area contributed by atoms with Crippen molar-refractivity contribution in [3.05, 3.63) is 47.8 Å². The van der Waals surface area contributed by atoms with Crippen molar-refractivity contribution < 1.29 is 0 Å². The summed E-state index contributed by atoms with van der Waals surface area (Å²) in [6.45, 7) is 2.64. The molecule has 0 saturated heterocycles. The predicted octanol–water partition coefficient (Wildman–Crippen LogP) is 1.98. The molecule has 0 spiro atoms. The number of rotatable bonds is 3. The molecule has 1 heterocycles. The second kappa shape index (κ2) is 4.61. The molecule has 0 saturated carbocycles. The topological polar surface area (TPSA) is 63.8 Å². The van der Waals surface area contributed by atoms with Crippen molar-refractivity contribution in [1.29, 1.82) is 0 Å². The van der Waals surface area contributed by atoms with Crippen molar-refractivity contribution in [3.63, 3.8) is 0 Å². The van der Waals surface area contributed by atoms with Gasteiger partial charge in [0, 0.05) is 6.20 Å². The number of benzene rings is 1. The highest BCUT2D eigenvalue weighted by molar-refractivity contribution is 5.66. The Kier molecular flexibility index (Phi) is 3.00. The average Bonchev–Trinajstić information content (AvgIpc) is 2.29. The van der Waals surface area contributed by atoms with E-state index in [1.807, 2.05) is 37.3 Å². The maximum atomic E-state index is 5.89. The molecule has 3 N–H and O–H groups in total. The molecule has 0 aliphatic carbocycles. The Labute approximate surface area is 94.5 Å². The van der Waals surface area contributed by atoms with Crippen LogP contribution >= 0.6 is 0 Å². The van der Waals surface area contributed by atoms with Crippen LogP contribution in [0.25, 0.3) is 0 Å². The Morgan fingerprint density at radius 3 is 2.88 bits per heavy atom. The molecule has 82 valence electrons. The monoisotopic (exact) mass is 214 g/mol. The minimum absolute atomic E-state index is 0.626. The largest absolute Gasteiger partial charge is 0.397 e. The van der Waals surface area contributed by atoms with E-state index >= 15 is 0 Å². The molecule has 0 fully saturated rings. The molecule has 4 heteroatoms. The van der Waals surface area contributed by atoms with Crippen molar-refractivity contribution in [2.45, 2.75) is 13.5 Å². The Hall–Kier alpha value is -2.10. The second-order valence-electron chi connectivity index (χ2n) is 3.66. The van der Waals surface area contributed by atoms with Crippen LogP contribution in [0.5, 0.6) is 0 Å². The predicted molar refractivity (Wildman–Crippen MR) is 65.0 cm³/mol. The summed E-state index contributed by atoms with van der Waals surface area (Å²) in [5.74, 6) is 0. The van der Waals surface area contributed by atoms with Gasteiger partial charge >= 0.3 is 0 Å². The minimum atomic E-state index is 0.626. The highest BCUT2D eigenvalue weighted by Gasteiger charge is 1.99. The zero-order chi connectivity index (χ0) is 11.4. The lowest BCUT2D eigenvalue weighted by molar-refractivity contribution is 0.925. The lowest BCUT2D eigenvalue weighted by Crippen LogP contribution is -2.04. The first-order valence-electron chi connectivity index (χ1n) is 5.12. The fourth-order valence-electron chi connectivity index (χ4n) is 1.46. The van der Waals surface area contributed by atoms with Gasteiger partial charge in [-0.25, -0.2) is 0 Å². The third-order valence-electron chi connectivity index (χ3n) is 2.29. The highest BCUT2D eigenvalue weighted by atomic mass is 15.1. The Balaban J connectivity index is 2.05. The molecule has 0 radical (unpaired) electrons. The Morgan fingerprint density at radius 1 is 1.31 bits per heavy atom. The minimum Gasteiger partial charge on any atom is -0.397 e. The quantitative estimate of drug-likeness (QED) is 0.767. The van der Waals surface area contributed by atoms with Gasteiger partial charge in [-0.1, -0.05) is 6.07 Å². The van der Waals surface area contributed by atoms with Gasteiger partial charge in [0.15, 0.2) is 0 Å². The number of nitrogen functional groups attached to an aromatic ring is 1. The van der Waals surface area contributed by atoms with Crippen LogP contribution in [0.2, 0.25) is 0 Å². The molecule has 0 atom stereocenters. The highest BCUT2D eigenvalue weighted by Crippen LogP contribution is 2.19. The summed E-state index contributed by atoms with van der Waals surface area (Å²) in [7, 11) is 0. The number of nitrogens with zero attached hydrogens (tertiary/aromatic N) is 2. The van der Waals surface area contributed by atoms with E-state index in [0.717, 1.165) is 22.6 Å². The Bertz CT molecular complexity index is 468. The van der Waals surface area contributed by atoms with Gasteiger partial charge in [-0.05, 0) is 36.8 Å². The molecule has 0 aliphatic heterocycles. The van der Waals surface area contributed by atoms with Gasteiger partial charge in [0.1, 0.15) is 0 Å². The number of nitrogens with two attached hydrogens (primary N) is 1. The smallest absolute Gasteiger partial charge is 0.0821 e. The molecule has 4 nitrogen and oxygen atoms in total. The lowest BCUT2D eigenvalue weighted by Gasteiger charge is -2.08. The summed E-state index contributed by atoms with van der Waals surface area (Å²) in [5.41, 5.74) is 9.61. The van der Waals surface area contributed by atoms with Gasteiger partial charge in [0.2, 0.25) is 0 Å². The standard InChI is InChI=1S/C12H14N4/c1-9-4-5-12(11(13)7-9)14-8-10-3-2-6-15-16-10/h2-7,14H,8,13H2,1H3. The summed E-state index contributed by atoms with van der Waals surface area (Å²) in [6, 6.07) is 9.72. The summed E-state index contributed by atoms with van der Waals surface area (Å²) in [4.78, 5) is 0. The summed E-state index contributed by atoms with van der Waals surface area (Å²) >= 11 is 0. The fourth-order valence-corrected chi connectivity index (χ4v) is 1.46. The van der Waals surface area contributed by atoms with Crippen molar-refractivity contribution in [3.8, 4) is 0 Å². The van der Waals surface area contributed by atoms with Crippen LogP contribution in [0, 0.1) is 6.92 Å². The van der Waals surface area contributed by atoms with E-state index in [-0.39, 0.29) is 0 Å². The van der Waals surface area contributed by atoms with Crippen LogP contribution in [0.1, 0.15) is 11.3 Å². The van der Waals surface area contributed by atoms with Crippen LogP contribution in [0.15, 0.2) is 36.5 Å². The first kappa shape index (κ1) is 10.4. The molecule has 2 rings (SSSR count). The van der Waals surface area contributed by atoms with Crippen molar-refractivity contribution in [1.82, 2.24) is 10.2 Å². The number of anilines is 2. The van der Waals surface area contributed by atoms with Gasteiger partial charge in [-0.2, -0.15) is 10.2 Å². The van der Waals surface area contributed by atoms with Gasteiger partial charge in [0.05, 0.1) is 23.6 Å². The molecule has 1 aromatic carbocycles. The van der Waals surface area contributed by atoms with Crippen LogP contribution < -0.4 is 11.1 Å². The van der Waals surface area contributed by atoms with Gasteiger partial charge in [0.25, 0.3) is 0 Å². The van der Waals surface area contributed by atoms with E-state index in [1.165, 1.54) is 0 Å². The number of aromatic nitrogens is 2. The molecular formula is C12H14N4.